The molecule has 20 heavy (non-hydrogen) atoms. The number of nitrogens with zero attached hydrogens (tertiary/aromatic N) is 1. The summed E-state index contributed by atoms with van der Waals surface area (Å²) in [6.45, 7) is 1.73. The number of hydrogen-bond donors (Lipinski definition) is 2. The molecule has 2 N–H and O–H groups in total. The van der Waals surface area contributed by atoms with Crippen LogP contribution in [0, 0.1) is 0 Å². The summed E-state index contributed by atoms with van der Waals surface area (Å²) in [5, 5.41) is 10.8. The zero-order chi connectivity index (χ0) is 14.1. The zero-order valence-corrected chi connectivity index (χ0v) is 11.4. The summed E-state index contributed by atoms with van der Waals surface area (Å²) in [5.74, 6) is 0.687. The van der Waals surface area contributed by atoms with Crippen LogP contribution in [-0.4, -0.2) is 22.2 Å². The third kappa shape index (κ3) is 2.14. The first-order valence-corrected chi connectivity index (χ1v) is 6.48. The van der Waals surface area contributed by atoms with Crippen molar-refractivity contribution < 1.29 is 9.84 Å². The fraction of sp³-hybridized carbons (Fsp3) is 0.188. The van der Waals surface area contributed by atoms with Crippen LogP contribution in [-0.2, 0) is 0 Å². The van der Waals surface area contributed by atoms with Crippen LogP contribution in [0.4, 0.5) is 0 Å². The first-order chi connectivity index (χ1) is 9.69. The van der Waals surface area contributed by atoms with Gasteiger partial charge in [-0.2, -0.15) is 0 Å². The molecule has 0 aliphatic heterocycles. The molecule has 0 aliphatic rings. The molecule has 0 fully saturated rings. The van der Waals surface area contributed by atoms with Gasteiger partial charge in [0.25, 0.3) is 0 Å². The minimum atomic E-state index is -0.552. The molecule has 0 aliphatic carbocycles. The summed E-state index contributed by atoms with van der Waals surface area (Å²) in [4.78, 5) is 7.46. The highest BCUT2D eigenvalue weighted by molar-refractivity contribution is 5.81. The van der Waals surface area contributed by atoms with E-state index in [1.54, 1.807) is 14.0 Å². The van der Waals surface area contributed by atoms with E-state index in [2.05, 4.69) is 16.0 Å². The highest BCUT2D eigenvalue weighted by Gasteiger charge is 2.10. The van der Waals surface area contributed by atoms with E-state index in [1.807, 2.05) is 36.7 Å². The van der Waals surface area contributed by atoms with Gasteiger partial charge in [0.2, 0.25) is 0 Å². The van der Waals surface area contributed by atoms with Crippen LogP contribution in [0.3, 0.4) is 0 Å². The van der Waals surface area contributed by atoms with E-state index in [-0.39, 0.29) is 0 Å². The molecule has 3 aromatic rings. The SMILES string of the molecule is COc1cc(-c2cnc3[nH]ccc3c2)ccc1C(C)O. The van der Waals surface area contributed by atoms with Crippen LogP contribution < -0.4 is 4.74 Å². The van der Waals surface area contributed by atoms with Crippen LogP contribution in [0.25, 0.3) is 22.2 Å². The fourth-order valence-corrected chi connectivity index (χ4v) is 2.33. The number of ether oxygens (including phenoxy) is 1. The molecule has 0 saturated carbocycles. The van der Waals surface area contributed by atoms with Gasteiger partial charge in [-0.15, -0.1) is 0 Å². The predicted octanol–water partition coefficient (Wildman–Crippen LogP) is 3.29. The molecule has 102 valence electrons. The van der Waals surface area contributed by atoms with Crippen molar-refractivity contribution in [3.8, 4) is 16.9 Å². The highest BCUT2D eigenvalue weighted by Crippen LogP contribution is 2.31. The summed E-state index contributed by atoms with van der Waals surface area (Å²) in [6, 6.07) is 9.86. The van der Waals surface area contributed by atoms with Crippen molar-refractivity contribution in [1.29, 1.82) is 0 Å². The number of H-pyrrole nitrogens is 1. The first kappa shape index (κ1) is 12.7. The van der Waals surface area contributed by atoms with Gasteiger partial charge in [-0.3, -0.25) is 0 Å². The summed E-state index contributed by atoms with van der Waals surface area (Å²) >= 11 is 0. The number of pyridine rings is 1. The minimum Gasteiger partial charge on any atom is -0.496 e. The van der Waals surface area contributed by atoms with Crippen molar-refractivity contribution in [3.05, 3.63) is 48.3 Å². The average molecular weight is 268 g/mol. The molecule has 1 atom stereocenters. The van der Waals surface area contributed by atoms with E-state index < -0.39 is 6.10 Å². The Bertz CT molecular complexity index is 747. The minimum absolute atomic E-state index is 0.552. The molecule has 0 saturated heterocycles. The van der Waals surface area contributed by atoms with Crippen molar-refractivity contribution in [3.63, 3.8) is 0 Å². The Balaban J connectivity index is 2.09. The van der Waals surface area contributed by atoms with Crippen LogP contribution in [0.2, 0.25) is 0 Å². The second-order valence-electron chi connectivity index (χ2n) is 4.77. The van der Waals surface area contributed by atoms with Gasteiger partial charge in [0.05, 0.1) is 13.2 Å². The molecule has 0 radical (unpaired) electrons. The molecule has 4 nitrogen and oxygen atoms in total. The number of benzene rings is 1. The van der Waals surface area contributed by atoms with Gasteiger partial charge in [-0.25, -0.2) is 4.98 Å². The van der Waals surface area contributed by atoms with Gasteiger partial charge in [-0.05, 0) is 30.7 Å². The van der Waals surface area contributed by atoms with Gasteiger partial charge >= 0.3 is 0 Å². The monoisotopic (exact) mass is 268 g/mol. The van der Waals surface area contributed by atoms with Crippen LogP contribution in [0.1, 0.15) is 18.6 Å². The Hall–Kier alpha value is -2.33. The standard InChI is InChI=1S/C16H16N2O2/c1-10(19)14-4-3-11(8-15(14)20-2)13-7-12-5-6-17-16(12)18-9-13/h3-10,19H,1-2H3,(H,17,18). The Morgan fingerprint density at radius 3 is 2.80 bits per heavy atom. The number of hydrogen-bond acceptors (Lipinski definition) is 3. The van der Waals surface area contributed by atoms with Crippen molar-refractivity contribution in [2.24, 2.45) is 0 Å². The van der Waals surface area contributed by atoms with Gasteiger partial charge in [0.15, 0.2) is 0 Å². The zero-order valence-electron chi connectivity index (χ0n) is 11.4. The number of nitrogens with one attached hydrogen (secondary N) is 1. The van der Waals surface area contributed by atoms with E-state index in [1.165, 1.54) is 0 Å². The maximum Gasteiger partial charge on any atom is 0.137 e. The maximum atomic E-state index is 9.71. The molecular formula is C16H16N2O2. The van der Waals surface area contributed by atoms with Crippen LogP contribution >= 0.6 is 0 Å². The van der Waals surface area contributed by atoms with E-state index in [4.69, 9.17) is 4.74 Å². The topological polar surface area (TPSA) is 58.1 Å². The number of aliphatic hydroxyl groups is 1. The van der Waals surface area contributed by atoms with Crippen molar-refractivity contribution >= 4 is 11.0 Å². The van der Waals surface area contributed by atoms with E-state index >= 15 is 0 Å². The lowest BCUT2D eigenvalue weighted by Crippen LogP contribution is -1.96. The molecule has 0 amide bonds. The number of methoxy groups -OCH3 is 1. The molecule has 0 bridgehead atoms. The third-order valence-electron chi connectivity index (χ3n) is 3.42. The molecule has 0 spiro atoms. The summed E-state index contributed by atoms with van der Waals surface area (Å²) < 4.78 is 5.35. The molecular weight excluding hydrogens is 252 g/mol. The van der Waals surface area contributed by atoms with Crippen molar-refractivity contribution in [1.82, 2.24) is 9.97 Å². The lowest BCUT2D eigenvalue weighted by atomic mass is 10.0. The van der Waals surface area contributed by atoms with Crippen LogP contribution in [0.5, 0.6) is 5.75 Å². The second kappa shape index (κ2) is 4.98. The Kier molecular flexibility index (Phi) is 3.16. The van der Waals surface area contributed by atoms with E-state index in [0.29, 0.717) is 5.75 Å². The van der Waals surface area contributed by atoms with Gasteiger partial charge in [0, 0.05) is 28.9 Å². The number of aromatic nitrogens is 2. The molecule has 2 aromatic heterocycles. The van der Waals surface area contributed by atoms with Gasteiger partial charge in [0.1, 0.15) is 11.4 Å². The number of rotatable bonds is 3. The smallest absolute Gasteiger partial charge is 0.137 e. The lowest BCUT2D eigenvalue weighted by Gasteiger charge is -2.12. The third-order valence-corrected chi connectivity index (χ3v) is 3.42. The number of aliphatic hydroxyl groups excluding tert-OH is 1. The Morgan fingerprint density at radius 1 is 1.20 bits per heavy atom. The molecule has 1 unspecified atom stereocenters. The second-order valence-corrected chi connectivity index (χ2v) is 4.77. The van der Waals surface area contributed by atoms with E-state index in [9.17, 15) is 5.11 Å². The predicted molar refractivity (Wildman–Crippen MR) is 78.7 cm³/mol. The largest absolute Gasteiger partial charge is 0.496 e. The average Bonchev–Trinajstić information content (AvgIpc) is 2.93. The molecule has 4 heteroatoms. The van der Waals surface area contributed by atoms with Crippen LogP contribution in [0.15, 0.2) is 42.7 Å². The molecule has 2 heterocycles. The normalized spacial score (nSPS) is 12.6. The molecule has 1 aromatic carbocycles. The fourth-order valence-electron chi connectivity index (χ4n) is 2.33. The summed E-state index contributed by atoms with van der Waals surface area (Å²) in [5.41, 5.74) is 3.70. The van der Waals surface area contributed by atoms with Gasteiger partial charge < -0.3 is 14.8 Å². The lowest BCUT2D eigenvalue weighted by molar-refractivity contribution is 0.194. The van der Waals surface area contributed by atoms with Crippen molar-refractivity contribution in [2.75, 3.05) is 7.11 Å². The number of fused-ring (bicyclic) bond motifs is 1. The maximum absolute atomic E-state index is 9.71. The molecule has 3 rings (SSSR count). The quantitative estimate of drug-likeness (QED) is 0.766. The Labute approximate surface area is 117 Å². The summed E-state index contributed by atoms with van der Waals surface area (Å²) in [7, 11) is 1.61. The van der Waals surface area contributed by atoms with E-state index in [0.717, 1.165) is 27.7 Å². The number of aromatic amines is 1. The van der Waals surface area contributed by atoms with Crippen molar-refractivity contribution in [2.45, 2.75) is 13.0 Å². The van der Waals surface area contributed by atoms with Gasteiger partial charge in [-0.1, -0.05) is 12.1 Å². The highest BCUT2D eigenvalue weighted by atomic mass is 16.5. The summed E-state index contributed by atoms with van der Waals surface area (Å²) in [6.07, 6.45) is 3.15. The first-order valence-electron chi connectivity index (χ1n) is 6.48. The Morgan fingerprint density at radius 2 is 2.05 bits per heavy atom.